The fourth-order valence-electron chi connectivity index (χ4n) is 1.64. The van der Waals surface area contributed by atoms with Crippen LogP contribution in [0.5, 0.6) is 0 Å². The Balaban J connectivity index is 2.91. The number of aryl methyl sites for hydroxylation is 1. The molecule has 0 aromatic heterocycles. The average molecular weight is 246 g/mol. The molecular formula is C15H18O3. The second-order valence-electron chi connectivity index (χ2n) is 4.06. The van der Waals surface area contributed by atoms with Gasteiger partial charge in [-0.2, -0.15) is 0 Å². The van der Waals surface area contributed by atoms with Gasteiger partial charge in [-0.15, -0.1) is 6.58 Å². The van der Waals surface area contributed by atoms with Crippen molar-refractivity contribution in [2.75, 3.05) is 6.61 Å². The lowest BCUT2D eigenvalue weighted by Crippen LogP contribution is -2.26. The predicted molar refractivity (Wildman–Crippen MR) is 70.4 cm³/mol. The molecule has 0 bridgehead atoms. The SMILES string of the molecule is C=CC[C@H](C(=O)OCC)C(=O)c1ccc(C)cc1. The normalized spacial score (nSPS) is 11.7. The molecule has 0 N–H and O–H groups in total. The van der Waals surface area contributed by atoms with Gasteiger partial charge in [-0.1, -0.05) is 35.9 Å². The summed E-state index contributed by atoms with van der Waals surface area (Å²) < 4.78 is 4.92. The third-order valence-corrected chi connectivity index (χ3v) is 2.63. The van der Waals surface area contributed by atoms with Crippen LogP contribution in [0.15, 0.2) is 36.9 Å². The van der Waals surface area contributed by atoms with Gasteiger partial charge >= 0.3 is 5.97 Å². The fraction of sp³-hybridized carbons (Fsp3) is 0.333. The number of hydrogen-bond donors (Lipinski definition) is 0. The quantitative estimate of drug-likeness (QED) is 0.335. The fourth-order valence-corrected chi connectivity index (χ4v) is 1.64. The molecule has 1 rings (SSSR count). The van der Waals surface area contributed by atoms with E-state index in [-0.39, 0.29) is 12.4 Å². The number of benzene rings is 1. The molecule has 1 aromatic rings. The average Bonchev–Trinajstić information content (AvgIpc) is 2.36. The van der Waals surface area contributed by atoms with E-state index >= 15 is 0 Å². The smallest absolute Gasteiger partial charge is 0.317 e. The maximum absolute atomic E-state index is 12.2. The van der Waals surface area contributed by atoms with E-state index in [0.717, 1.165) is 5.56 Å². The Labute approximate surface area is 107 Å². The third kappa shape index (κ3) is 3.55. The Hall–Kier alpha value is -1.90. The molecule has 0 unspecified atom stereocenters. The molecule has 0 fully saturated rings. The molecule has 3 heteroatoms. The molecule has 1 atom stereocenters. The minimum absolute atomic E-state index is 0.214. The maximum atomic E-state index is 12.2. The monoisotopic (exact) mass is 246 g/mol. The van der Waals surface area contributed by atoms with Gasteiger partial charge in [-0.25, -0.2) is 0 Å². The summed E-state index contributed by atoms with van der Waals surface area (Å²) in [6.07, 6.45) is 1.86. The molecule has 0 saturated heterocycles. The number of rotatable bonds is 6. The van der Waals surface area contributed by atoms with E-state index in [0.29, 0.717) is 12.0 Å². The van der Waals surface area contributed by atoms with Crippen LogP contribution in [0.2, 0.25) is 0 Å². The zero-order valence-corrected chi connectivity index (χ0v) is 10.8. The number of Topliss-reactive ketones (excluding diaryl/α,β-unsaturated/α-hetero) is 1. The third-order valence-electron chi connectivity index (χ3n) is 2.63. The molecule has 18 heavy (non-hydrogen) atoms. The first-order valence-corrected chi connectivity index (χ1v) is 5.98. The molecule has 0 aliphatic carbocycles. The highest BCUT2D eigenvalue weighted by molar-refractivity contribution is 6.08. The summed E-state index contributed by atoms with van der Waals surface area (Å²) in [5.74, 6) is -1.48. The van der Waals surface area contributed by atoms with Crippen molar-refractivity contribution in [3.63, 3.8) is 0 Å². The van der Waals surface area contributed by atoms with E-state index < -0.39 is 11.9 Å². The Kier molecular flexibility index (Phi) is 5.31. The van der Waals surface area contributed by atoms with Crippen LogP contribution in [0, 0.1) is 12.8 Å². The highest BCUT2D eigenvalue weighted by Crippen LogP contribution is 2.15. The van der Waals surface area contributed by atoms with Gasteiger partial charge in [0.1, 0.15) is 5.92 Å². The van der Waals surface area contributed by atoms with E-state index in [4.69, 9.17) is 4.74 Å². The first-order valence-electron chi connectivity index (χ1n) is 5.98. The minimum atomic E-state index is -0.787. The van der Waals surface area contributed by atoms with Gasteiger partial charge in [0.2, 0.25) is 0 Å². The number of allylic oxidation sites excluding steroid dienone is 1. The molecule has 0 aliphatic heterocycles. The van der Waals surface area contributed by atoms with Gasteiger partial charge in [0, 0.05) is 5.56 Å². The maximum Gasteiger partial charge on any atom is 0.317 e. The first-order chi connectivity index (χ1) is 8.60. The van der Waals surface area contributed by atoms with Gasteiger partial charge in [0.25, 0.3) is 0 Å². The zero-order valence-electron chi connectivity index (χ0n) is 10.8. The highest BCUT2D eigenvalue weighted by atomic mass is 16.5. The Morgan fingerprint density at radius 3 is 2.44 bits per heavy atom. The van der Waals surface area contributed by atoms with Crippen molar-refractivity contribution in [1.29, 1.82) is 0 Å². The van der Waals surface area contributed by atoms with Crippen LogP contribution in [0.4, 0.5) is 0 Å². The topological polar surface area (TPSA) is 43.4 Å². The van der Waals surface area contributed by atoms with Crippen LogP contribution in [-0.2, 0) is 9.53 Å². The van der Waals surface area contributed by atoms with Crippen molar-refractivity contribution in [3.05, 3.63) is 48.0 Å². The molecule has 96 valence electrons. The first kappa shape index (κ1) is 14.2. The van der Waals surface area contributed by atoms with E-state index in [2.05, 4.69) is 6.58 Å². The molecule has 3 nitrogen and oxygen atoms in total. The second-order valence-corrected chi connectivity index (χ2v) is 4.06. The molecule has 1 aromatic carbocycles. The van der Waals surface area contributed by atoms with E-state index in [1.807, 2.05) is 19.1 Å². The lowest BCUT2D eigenvalue weighted by molar-refractivity contribution is -0.146. The van der Waals surface area contributed by atoms with Gasteiger partial charge in [-0.05, 0) is 20.3 Å². The van der Waals surface area contributed by atoms with Gasteiger partial charge in [0.15, 0.2) is 5.78 Å². The molecule has 0 saturated carbocycles. The van der Waals surface area contributed by atoms with Gasteiger partial charge in [0.05, 0.1) is 6.61 Å². The summed E-state index contributed by atoms with van der Waals surface area (Å²) in [6.45, 7) is 7.51. The van der Waals surface area contributed by atoms with Crippen molar-refractivity contribution in [2.24, 2.45) is 5.92 Å². The largest absolute Gasteiger partial charge is 0.465 e. The number of hydrogen-bond acceptors (Lipinski definition) is 3. The van der Waals surface area contributed by atoms with Crippen LogP contribution in [0.1, 0.15) is 29.3 Å². The van der Waals surface area contributed by atoms with Crippen LogP contribution >= 0.6 is 0 Å². The number of carbonyl (C=O) groups excluding carboxylic acids is 2. The molecule has 0 aliphatic rings. The van der Waals surface area contributed by atoms with E-state index in [1.54, 1.807) is 25.1 Å². The summed E-state index contributed by atoms with van der Waals surface area (Å²) in [6, 6.07) is 7.16. The second kappa shape index (κ2) is 6.74. The van der Waals surface area contributed by atoms with Crippen molar-refractivity contribution in [2.45, 2.75) is 20.3 Å². The molecule has 0 heterocycles. The lowest BCUT2D eigenvalue weighted by Gasteiger charge is -2.12. The van der Waals surface area contributed by atoms with E-state index in [1.165, 1.54) is 0 Å². The summed E-state index contributed by atoms with van der Waals surface area (Å²) in [5.41, 5.74) is 1.60. The summed E-state index contributed by atoms with van der Waals surface area (Å²) in [7, 11) is 0. The van der Waals surface area contributed by atoms with Crippen LogP contribution in [0.3, 0.4) is 0 Å². The molecule has 0 amide bonds. The molecule has 0 spiro atoms. The lowest BCUT2D eigenvalue weighted by atomic mass is 9.94. The van der Waals surface area contributed by atoms with Crippen LogP contribution < -0.4 is 0 Å². The minimum Gasteiger partial charge on any atom is -0.465 e. The summed E-state index contributed by atoms with van der Waals surface area (Å²) in [4.78, 5) is 23.9. The van der Waals surface area contributed by atoms with Crippen molar-refractivity contribution >= 4 is 11.8 Å². The predicted octanol–water partition coefficient (Wildman–Crippen LogP) is 2.93. The molecule has 0 radical (unpaired) electrons. The van der Waals surface area contributed by atoms with Crippen LogP contribution in [-0.4, -0.2) is 18.4 Å². The highest BCUT2D eigenvalue weighted by Gasteiger charge is 2.27. The standard InChI is InChI=1S/C15H18O3/c1-4-6-13(15(17)18-5-2)14(16)12-9-7-11(3)8-10-12/h4,7-10,13H,1,5-6H2,2-3H3/t13-/m0/s1. The molecular weight excluding hydrogens is 228 g/mol. The number of ketones is 1. The summed E-state index contributed by atoms with van der Waals surface area (Å²) >= 11 is 0. The number of carbonyl (C=O) groups is 2. The van der Waals surface area contributed by atoms with Crippen molar-refractivity contribution < 1.29 is 14.3 Å². The number of esters is 1. The van der Waals surface area contributed by atoms with Crippen molar-refractivity contribution in [3.8, 4) is 0 Å². The van der Waals surface area contributed by atoms with E-state index in [9.17, 15) is 9.59 Å². The van der Waals surface area contributed by atoms with Gasteiger partial charge in [-0.3, -0.25) is 9.59 Å². The Morgan fingerprint density at radius 1 is 1.33 bits per heavy atom. The number of ether oxygens (including phenoxy) is 1. The zero-order chi connectivity index (χ0) is 13.5. The summed E-state index contributed by atoms with van der Waals surface area (Å²) in [5, 5.41) is 0. The van der Waals surface area contributed by atoms with Gasteiger partial charge < -0.3 is 4.74 Å². The van der Waals surface area contributed by atoms with Crippen LogP contribution in [0.25, 0.3) is 0 Å². The Bertz CT molecular complexity index is 432. The Morgan fingerprint density at radius 2 is 1.94 bits per heavy atom. The van der Waals surface area contributed by atoms with Crippen molar-refractivity contribution in [1.82, 2.24) is 0 Å².